The maximum atomic E-state index is 13.8. The molecule has 3 aromatic rings. The van der Waals surface area contributed by atoms with E-state index >= 15 is 0 Å². The number of hydrogen-bond donors (Lipinski definition) is 3. The van der Waals surface area contributed by atoms with Gasteiger partial charge in [-0.25, -0.2) is 13.8 Å². The lowest BCUT2D eigenvalue weighted by Crippen LogP contribution is -2.15. The molecule has 4 N–H and O–H groups in total. The Bertz CT molecular complexity index is 994. The molecule has 8 heteroatoms. The molecule has 3 rings (SSSR count). The van der Waals surface area contributed by atoms with Gasteiger partial charge in [-0.3, -0.25) is 4.79 Å². The lowest BCUT2D eigenvalue weighted by atomic mass is 10.1. The molecule has 0 unspecified atom stereocenters. The standard InChI is InChI=1S/C20H18F2N4O2/c1-28-15-5-3-14(4-6-15)26-19-9-18(16(11-25-19)20(23)27)24-10-12-8-13(21)2-7-17(12)22/h2-9,11H,10H2,1H3,(H2,23,27)(H2,24,25,26). The Kier molecular flexibility index (Phi) is 5.69. The molecule has 144 valence electrons. The van der Waals surface area contributed by atoms with Gasteiger partial charge in [0.25, 0.3) is 5.91 Å². The number of nitrogens with zero attached hydrogens (tertiary/aromatic N) is 1. The summed E-state index contributed by atoms with van der Waals surface area (Å²) in [5.74, 6) is -0.643. The monoisotopic (exact) mass is 384 g/mol. The molecule has 0 radical (unpaired) electrons. The topological polar surface area (TPSA) is 89.3 Å². The second-order valence-corrected chi connectivity index (χ2v) is 5.92. The average molecular weight is 384 g/mol. The molecule has 0 aliphatic heterocycles. The third kappa shape index (κ3) is 4.53. The highest BCUT2D eigenvalue weighted by Gasteiger charge is 2.12. The van der Waals surface area contributed by atoms with Crippen molar-refractivity contribution < 1.29 is 18.3 Å². The number of methoxy groups -OCH3 is 1. The molecule has 2 aromatic carbocycles. The predicted octanol–water partition coefficient (Wildman–Crippen LogP) is 3.82. The molecule has 0 aliphatic rings. The van der Waals surface area contributed by atoms with Crippen molar-refractivity contribution in [3.63, 3.8) is 0 Å². The largest absolute Gasteiger partial charge is 0.497 e. The molecule has 0 saturated heterocycles. The predicted molar refractivity (Wildman–Crippen MR) is 103 cm³/mol. The fourth-order valence-electron chi connectivity index (χ4n) is 2.56. The van der Waals surface area contributed by atoms with E-state index in [1.807, 2.05) is 0 Å². The number of nitrogens with one attached hydrogen (secondary N) is 2. The summed E-state index contributed by atoms with van der Waals surface area (Å²) in [6.07, 6.45) is 1.32. The third-order valence-corrected chi connectivity index (χ3v) is 4.01. The quantitative estimate of drug-likeness (QED) is 0.576. The molecule has 1 heterocycles. The summed E-state index contributed by atoms with van der Waals surface area (Å²) in [6, 6.07) is 11.9. The number of primary amides is 1. The van der Waals surface area contributed by atoms with Gasteiger partial charge in [0.05, 0.1) is 18.4 Å². The van der Waals surface area contributed by atoms with Crippen molar-refractivity contribution in [2.75, 3.05) is 17.7 Å². The second-order valence-electron chi connectivity index (χ2n) is 5.92. The van der Waals surface area contributed by atoms with Gasteiger partial charge >= 0.3 is 0 Å². The smallest absolute Gasteiger partial charge is 0.252 e. The summed E-state index contributed by atoms with van der Waals surface area (Å²) < 4.78 is 32.3. The number of pyridine rings is 1. The molecule has 0 spiro atoms. The van der Waals surface area contributed by atoms with Crippen molar-refractivity contribution in [1.29, 1.82) is 0 Å². The van der Waals surface area contributed by atoms with Crippen LogP contribution in [-0.4, -0.2) is 18.0 Å². The summed E-state index contributed by atoms with van der Waals surface area (Å²) >= 11 is 0. The maximum Gasteiger partial charge on any atom is 0.252 e. The number of rotatable bonds is 7. The first kappa shape index (κ1) is 19.1. The molecule has 6 nitrogen and oxygen atoms in total. The SMILES string of the molecule is COc1ccc(Nc2cc(NCc3cc(F)ccc3F)c(C(N)=O)cn2)cc1. The van der Waals surface area contributed by atoms with Crippen molar-refractivity contribution in [1.82, 2.24) is 4.98 Å². The normalized spacial score (nSPS) is 10.4. The number of carbonyl (C=O) groups is 1. The van der Waals surface area contributed by atoms with Crippen LogP contribution in [0.2, 0.25) is 0 Å². The second kappa shape index (κ2) is 8.34. The highest BCUT2D eigenvalue weighted by atomic mass is 19.1. The Morgan fingerprint density at radius 2 is 1.89 bits per heavy atom. The minimum Gasteiger partial charge on any atom is -0.497 e. The number of anilines is 3. The van der Waals surface area contributed by atoms with Crippen LogP contribution in [0, 0.1) is 11.6 Å². The van der Waals surface area contributed by atoms with Crippen LogP contribution >= 0.6 is 0 Å². The van der Waals surface area contributed by atoms with E-state index in [9.17, 15) is 13.6 Å². The molecular formula is C20H18F2N4O2. The van der Waals surface area contributed by atoms with E-state index < -0.39 is 17.5 Å². The molecule has 1 amide bonds. The van der Waals surface area contributed by atoms with Gasteiger partial charge in [-0.15, -0.1) is 0 Å². The first-order valence-corrected chi connectivity index (χ1v) is 8.35. The Hall–Kier alpha value is -3.68. The van der Waals surface area contributed by atoms with Gasteiger partial charge in [0.15, 0.2) is 0 Å². The molecule has 0 atom stereocenters. The number of ether oxygens (including phenoxy) is 1. The Morgan fingerprint density at radius 1 is 1.14 bits per heavy atom. The van der Waals surface area contributed by atoms with E-state index in [1.165, 1.54) is 6.20 Å². The first-order valence-electron chi connectivity index (χ1n) is 8.35. The fourth-order valence-corrected chi connectivity index (χ4v) is 2.56. The number of benzene rings is 2. The van der Waals surface area contributed by atoms with Gasteiger partial charge in [-0.2, -0.15) is 0 Å². The zero-order chi connectivity index (χ0) is 20.1. The van der Waals surface area contributed by atoms with Gasteiger partial charge < -0.3 is 21.1 Å². The minimum absolute atomic E-state index is 0.0319. The van der Waals surface area contributed by atoms with E-state index in [4.69, 9.17) is 10.5 Å². The van der Waals surface area contributed by atoms with E-state index in [1.54, 1.807) is 37.4 Å². The van der Waals surface area contributed by atoms with Crippen molar-refractivity contribution in [2.24, 2.45) is 5.73 Å². The van der Waals surface area contributed by atoms with Gasteiger partial charge in [-0.05, 0) is 42.5 Å². The number of carbonyl (C=O) groups excluding carboxylic acids is 1. The number of halogens is 2. The molecule has 0 aliphatic carbocycles. The van der Waals surface area contributed by atoms with Crippen LogP contribution < -0.4 is 21.1 Å². The fraction of sp³-hybridized carbons (Fsp3) is 0.100. The number of amides is 1. The highest BCUT2D eigenvalue weighted by molar-refractivity contribution is 5.98. The van der Waals surface area contributed by atoms with Gasteiger partial charge in [0, 0.05) is 30.1 Å². The summed E-state index contributed by atoms with van der Waals surface area (Å²) in [5.41, 5.74) is 6.74. The molecular weight excluding hydrogens is 366 g/mol. The zero-order valence-corrected chi connectivity index (χ0v) is 15.0. The summed E-state index contributed by atoms with van der Waals surface area (Å²) in [4.78, 5) is 15.8. The molecule has 0 saturated carbocycles. The molecule has 28 heavy (non-hydrogen) atoms. The number of nitrogens with two attached hydrogens (primary N) is 1. The maximum absolute atomic E-state index is 13.8. The highest BCUT2D eigenvalue weighted by Crippen LogP contribution is 2.24. The first-order chi connectivity index (χ1) is 13.5. The van der Waals surface area contributed by atoms with Crippen LogP contribution in [0.5, 0.6) is 5.75 Å². The number of aromatic nitrogens is 1. The third-order valence-electron chi connectivity index (χ3n) is 4.01. The van der Waals surface area contributed by atoms with Gasteiger partial charge in [0.2, 0.25) is 0 Å². The van der Waals surface area contributed by atoms with E-state index in [2.05, 4.69) is 15.6 Å². The van der Waals surface area contributed by atoms with Crippen molar-refractivity contribution in [3.05, 3.63) is 77.5 Å². The van der Waals surface area contributed by atoms with Crippen LogP contribution in [0.25, 0.3) is 0 Å². The van der Waals surface area contributed by atoms with Crippen LogP contribution in [0.1, 0.15) is 15.9 Å². The zero-order valence-electron chi connectivity index (χ0n) is 15.0. The van der Waals surface area contributed by atoms with Crippen molar-refractivity contribution in [3.8, 4) is 5.75 Å². The lowest BCUT2D eigenvalue weighted by molar-refractivity contribution is 0.100. The Labute approximate surface area is 160 Å². The van der Waals surface area contributed by atoms with Gasteiger partial charge in [0.1, 0.15) is 23.2 Å². The Balaban J connectivity index is 1.82. The average Bonchev–Trinajstić information content (AvgIpc) is 2.69. The van der Waals surface area contributed by atoms with E-state index in [0.29, 0.717) is 17.3 Å². The van der Waals surface area contributed by atoms with Crippen LogP contribution in [0.4, 0.5) is 26.0 Å². The molecule has 1 aromatic heterocycles. The van der Waals surface area contributed by atoms with Crippen LogP contribution in [0.3, 0.4) is 0 Å². The molecule has 0 fully saturated rings. The molecule has 0 bridgehead atoms. The van der Waals surface area contributed by atoms with Crippen molar-refractivity contribution >= 4 is 23.1 Å². The lowest BCUT2D eigenvalue weighted by Gasteiger charge is -2.13. The van der Waals surface area contributed by atoms with Crippen LogP contribution in [0.15, 0.2) is 54.7 Å². The van der Waals surface area contributed by atoms with Crippen LogP contribution in [-0.2, 0) is 6.54 Å². The summed E-state index contributed by atoms with van der Waals surface area (Å²) in [6.45, 7) is -0.0319. The van der Waals surface area contributed by atoms with E-state index in [0.717, 1.165) is 23.9 Å². The van der Waals surface area contributed by atoms with Gasteiger partial charge in [-0.1, -0.05) is 0 Å². The summed E-state index contributed by atoms with van der Waals surface area (Å²) in [7, 11) is 1.58. The van der Waals surface area contributed by atoms with Crippen molar-refractivity contribution in [2.45, 2.75) is 6.54 Å². The minimum atomic E-state index is -0.689. The van der Waals surface area contributed by atoms with E-state index in [-0.39, 0.29) is 17.7 Å². The summed E-state index contributed by atoms with van der Waals surface area (Å²) in [5, 5.41) is 6.00. The Morgan fingerprint density at radius 3 is 2.57 bits per heavy atom. The number of hydrogen-bond acceptors (Lipinski definition) is 5.